The maximum atomic E-state index is 12.9. The number of rotatable bonds is 7. The first-order valence-corrected chi connectivity index (χ1v) is 10.3. The Hall–Kier alpha value is -2.87. The molecule has 156 valence electrons. The first-order valence-electron chi connectivity index (χ1n) is 8.91. The van der Waals surface area contributed by atoms with Crippen LogP contribution < -0.4 is 9.04 Å². The van der Waals surface area contributed by atoms with Gasteiger partial charge >= 0.3 is 5.97 Å². The molecule has 0 aromatic heterocycles. The Balaban J connectivity index is 2.18. The maximum Gasteiger partial charge on any atom is 0.338 e. The summed E-state index contributed by atoms with van der Waals surface area (Å²) < 4.78 is 37.2. The molecule has 0 radical (unpaired) electrons. The van der Waals surface area contributed by atoms with E-state index >= 15 is 0 Å². The number of ether oxygens (including phenoxy) is 2. The van der Waals surface area contributed by atoms with Gasteiger partial charge < -0.3 is 9.47 Å². The van der Waals surface area contributed by atoms with Crippen molar-refractivity contribution in [2.24, 2.45) is 5.41 Å². The standard InChI is InChI=1S/C21H25NO6S/c1-21(2,3)19(23)14-28-20(24)15-10-12-16(13-11-15)29(25,26)22(4)17-8-6-7-9-18(17)27-5/h6-13H,14H2,1-5H3. The number of para-hydroxylation sites is 2. The van der Waals surface area contributed by atoms with Crippen molar-refractivity contribution >= 4 is 27.5 Å². The largest absolute Gasteiger partial charge is 0.495 e. The summed E-state index contributed by atoms with van der Waals surface area (Å²) in [5.41, 5.74) is -0.0637. The van der Waals surface area contributed by atoms with Crippen molar-refractivity contribution in [1.29, 1.82) is 0 Å². The average Bonchev–Trinajstić information content (AvgIpc) is 2.70. The van der Waals surface area contributed by atoms with E-state index in [2.05, 4.69) is 0 Å². The number of hydrogen-bond donors (Lipinski definition) is 0. The minimum Gasteiger partial charge on any atom is -0.495 e. The van der Waals surface area contributed by atoms with Crippen LogP contribution in [0.1, 0.15) is 31.1 Å². The highest BCUT2D eigenvalue weighted by Crippen LogP contribution is 2.30. The van der Waals surface area contributed by atoms with E-state index in [9.17, 15) is 18.0 Å². The van der Waals surface area contributed by atoms with Crippen molar-refractivity contribution in [2.45, 2.75) is 25.7 Å². The summed E-state index contributed by atoms with van der Waals surface area (Å²) in [4.78, 5) is 24.0. The van der Waals surface area contributed by atoms with E-state index in [1.54, 1.807) is 45.0 Å². The fraction of sp³-hybridized carbons (Fsp3) is 0.333. The van der Waals surface area contributed by atoms with Crippen LogP contribution >= 0.6 is 0 Å². The monoisotopic (exact) mass is 419 g/mol. The zero-order valence-corrected chi connectivity index (χ0v) is 17.9. The van der Waals surface area contributed by atoms with Gasteiger partial charge in [0.25, 0.3) is 10.0 Å². The molecule has 0 saturated heterocycles. The lowest BCUT2D eigenvalue weighted by Gasteiger charge is -2.21. The molecule has 7 nitrogen and oxygen atoms in total. The molecule has 0 unspecified atom stereocenters. The molecule has 0 aliphatic heterocycles. The Morgan fingerprint density at radius 2 is 1.59 bits per heavy atom. The molecule has 29 heavy (non-hydrogen) atoms. The summed E-state index contributed by atoms with van der Waals surface area (Å²) >= 11 is 0. The zero-order valence-electron chi connectivity index (χ0n) is 17.1. The number of hydrogen-bond acceptors (Lipinski definition) is 6. The number of nitrogens with zero attached hydrogens (tertiary/aromatic N) is 1. The predicted octanol–water partition coefficient (Wildman–Crippen LogP) is 3.29. The van der Waals surface area contributed by atoms with Gasteiger partial charge in [-0.05, 0) is 36.4 Å². The van der Waals surface area contributed by atoms with Crippen molar-refractivity contribution in [3.05, 3.63) is 54.1 Å². The number of carbonyl (C=O) groups excluding carboxylic acids is 2. The second-order valence-electron chi connectivity index (χ2n) is 7.42. The van der Waals surface area contributed by atoms with Crippen LogP contribution in [0.25, 0.3) is 0 Å². The topological polar surface area (TPSA) is 90.0 Å². The lowest BCUT2D eigenvalue weighted by atomic mass is 9.91. The number of esters is 1. The van der Waals surface area contributed by atoms with Gasteiger partial charge in [0, 0.05) is 12.5 Å². The quantitative estimate of drug-likeness (QED) is 0.640. The number of ketones is 1. The number of anilines is 1. The Morgan fingerprint density at radius 1 is 1.00 bits per heavy atom. The van der Waals surface area contributed by atoms with E-state index < -0.39 is 21.4 Å². The molecule has 0 N–H and O–H groups in total. The van der Waals surface area contributed by atoms with Gasteiger partial charge in [0.2, 0.25) is 0 Å². The fourth-order valence-electron chi connectivity index (χ4n) is 2.37. The third-order valence-corrected chi connectivity index (χ3v) is 6.13. The van der Waals surface area contributed by atoms with Crippen LogP contribution in [0.5, 0.6) is 5.75 Å². The van der Waals surface area contributed by atoms with Gasteiger partial charge in [-0.3, -0.25) is 9.10 Å². The molecule has 2 rings (SSSR count). The van der Waals surface area contributed by atoms with Gasteiger partial charge in [-0.25, -0.2) is 13.2 Å². The molecular formula is C21H25NO6S. The molecular weight excluding hydrogens is 394 g/mol. The number of Topliss-reactive ketones (excluding diaryl/α,β-unsaturated/α-hetero) is 1. The Labute approximate surface area is 171 Å². The molecule has 0 amide bonds. The summed E-state index contributed by atoms with van der Waals surface area (Å²) in [6.45, 7) is 4.88. The second-order valence-corrected chi connectivity index (χ2v) is 9.39. The summed E-state index contributed by atoms with van der Waals surface area (Å²) in [5, 5.41) is 0. The molecule has 8 heteroatoms. The number of carbonyl (C=O) groups is 2. The van der Waals surface area contributed by atoms with Crippen molar-refractivity contribution in [1.82, 2.24) is 0 Å². The normalized spacial score (nSPS) is 11.6. The van der Waals surface area contributed by atoms with E-state index in [1.807, 2.05) is 0 Å². The zero-order chi connectivity index (χ0) is 21.8. The van der Waals surface area contributed by atoms with Crippen molar-refractivity contribution < 1.29 is 27.5 Å². The summed E-state index contributed by atoms with van der Waals surface area (Å²) in [6, 6.07) is 12.1. The van der Waals surface area contributed by atoms with Crippen molar-refractivity contribution in [3.8, 4) is 5.75 Å². The van der Waals surface area contributed by atoms with Crippen LogP contribution in [0.4, 0.5) is 5.69 Å². The number of sulfonamides is 1. The smallest absolute Gasteiger partial charge is 0.338 e. The van der Waals surface area contributed by atoms with Crippen molar-refractivity contribution in [2.75, 3.05) is 25.1 Å². The first kappa shape index (κ1) is 22.4. The average molecular weight is 419 g/mol. The van der Waals surface area contributed by atoms with Gasteiger partial charge in [0.05, 0.1) is 23.3 Å². The molecule has 0 saturated carbocycles. The van der Waals surface area contributed by atoms with E-state index in [0.29, 0.717) is 11.4 Å². The third-order valence-electron chi connectivity index (χ3n) is 4.34. The molecule has 0 atom stereocenters. The molecule has 0 fully saturated rings. The van der Waals surface area contributed by atoms with Crippen LogP contribution in [-0.4, -0.2) is 40.9 Å². The highest BCUT2D eigenvalue weighted by atomic mass is 32.2. The minimum atomic E-state index is -3.87. The fourth-order valence-corrected chi connectivity index (χ4v) is 3.58. The summed E-state index contributed by atoms with van der Waals surface area (Å²) in [6.07, 6.45) is 0. The first-order chi connectivity index (χ1) is 13.5. The van der Waals surface area contributed by atoms with Crippen LogP contribution in [0, 0.1) is 5.41 Å². The minimum absolute atomic E-state index is 0.00761. The van der Waals surface area contributed by atoms with Crippen LogP contribution in [0.15, 0.2) is 53.4 Å². The van der Waals surface area contributed by atoms with E-state index in [1.165, 1.54) is 38.4 Å². The highest BCUT2D eigenvalue weighted by Gasteiger charge is 2.25. The van der Waals surface area contributed by atoms with Gasteiger partial charge in [0.15, 0.2) is 12.4 Å². The van der Waals surface area contributed by atoms with E-state index in [4.69, 9.17) is 9.47 Å². The van der Waals surface area contributed by atoms with Crippen LogP contribution in [0.2, 0.25) is 0 Å². The Bertz CT molecular complexity index is 991. The van der Waals surface area contributed by atoms with Gasteiger partial charge in [0.1, 0.15) is 5.75 Å². The summed E-state index contributed by atoms with van der Waals surface area (Å²) in [7, 11) is -0.979. The highest BCUT2D eigenvalue weighted by molar-refractivity contribution is 7.92. The van der Waals surface area contributed by atoms with Crippen LogP contribution in [-0.2, 0) is 19.6 Å². The molecule has 2 aromatic carbocycles. The Kier molecular flexibility index (Phi) is 6.69. The molecule has 0 aliphatic rings. The SMILES string of the molecule is COc1ccccc1N(C)S(=O)(=O)c1ccc(C(=O)OCC(=O)C(C)(C)C)cc1. The van der Waals surface area contributed by atoms with E-state index in [0.717, 1.165) is 4.31 Å². The van der Waals surface area contributed by atoms with E-state index in [-0.39, 0.29) is 22.8 Å². The van der Waals surface area contributed by atoms with Gasteiger partial charge in [-0.1, -0.05) is 32.9 Å². The van der Waals surface area contributed by atoms with Gasteiger partial charge in [-0.2, -0.15) is 0 Å². The molecule has 0 aliphatic carbocycles. The molecule has 2 aromatic rings. The van der Waals surface area contributed by atoms with Gasteiger partial charge in [-0.15, -0.1) is 0 Å². The van der Waals surface area contributed by atoms with Crippen LogP contribution in [0.3, 0.4) is 0 Å². The lowest BCUT2D eigenvalue weighted by molar-refractivity contribution is -0.129. The molecule has 0 spiro atoms. The molecule has 0 heterocycles. The third kappa shape index (κ3) is 5.14. The summed E-state index contributed by atoms with van der Waals surface area (Å²) in [5.74, 6) is -0.476. The predicted molar refractivity (Wildman–Crippen MR) is 110 cm³/mol. The number of benzene rings is 2. The molecule has 0 bridgehead atoms. The lowest BCUT2D eigenvalue weighted by Crippen LogP contribution is -2.27. The Morgan fingerprint density at radius 3 is 2.14 bits per heavy atom. The maximum absolute atomic E-state index is 12.9. The second kappa shape index (κ2) is 8.65. The van der Waals surface area contributed by atoms with Crippen molar-refractivity contribution in [3.63, 3.8) is 0 Å². The number of methoxy groups -OCH3 is 1.